The lowest BCUT2D eigenvalue weighted by Crippen LogP contribution is -1.96. The van der Waals surface area contributed by atoms with Gasteiger partial charge in [-0.05, 0) is 78.6 Å². The van der Waals surface area contributed by atoms with Crippen LogP contribution < -0.4 is 0 Å². The maximum Gasteiger partial charge on any atom is 0.0457 e. The van der Waals surface area contributed by atoms with E-state index in [1.54, 1.807) is 0 Å². The summed E-state index contributed by atoms with van der Waals surface area (Å²) in [4.78, 5) is 4.56. The first-order valence-electron chi connectivity index (χ1n) is 9.04. The number of hydrogen-bond acceptors (Lipinski definition) is 1. The third-order valence-corrected chi connectivity index (χ3v) is 4.83. The fraction of sp³-hybridized carbons (Fsp3) is 0.160. The summed E-state index contributed by atoms with van der Waals surface area (Å²) >= 11 is 0. The molecular weight excluding hydrogens is 314 g/mol. The summed E-state index contributed by atoms with van der Waals surface area (Å²) in [6.07, 6.45) is 19.5. The highest BCUT2D eigenvalue weighted by Gasteiger charge is 2.14. The molecule has 0 amide bonds. The van der Waals surface area contributed by atoms with Gasteiger partial charge in [-0.2, -0.15) is 0 Å². The van der Waals surface area contributed by atoms with E-state index in [9.17, 15) is 0 Å². The minimum Gasteiger partial charge on any atom is -0.261 e. The van der Waals surface area contributed by atoms with Gasteiger partial charge in [0, 0.05) is 17.3 Å². The highest BCUT2D eigenvalue weighted by atomic mass is 14.7. The van der Waals surface area contributed by atoms with Crippen LogP contribution >= 0.6 is 0 Å². The van der Waals surface area contributed by atoms with E-state index in [-0.39, 0.29) is 0 Å². The minimum atomic E-state index is 0.930. The molecule has 1 aromatic carbocycles. The van der Waals surface area contributed by atoms with Crippen LogP contribution in [0.5, 0.6) is 0 Å². The molecule has 1 heteroatoms. The Morgan fingerprint density at radius 2 is 2.04 bits per heavy atom. The SMILES string of the molecule is C=C/C=C\C(=C/C)c1cc(C2=C(C)C=CC=CC2)c2c(C)nccc2c1. The Bertz CT molecular complexity index is 994. The standard InChI is InChI=1S/C25H25N/c1-5-7-12-20(6-2)22-16-21-14-15-26-19(4)25(21)24(17-22)23-13-10-8-9-11-18(23)3/h5-12,14-17H,1,13H2,2-4H3/b12-7-,20-6+. The highest BCUT2D eigenvalue weighted by Crippen LogP contribution is 2.35. The van der Waals surface area contributed by atoms with E-state index in [0.717, 1.165) is 12.1 Å². The van der Waals surface area contributed by atoms with E-state index in [1.807, 2.05) is 18.3 Å². The quantitative estimate of drug-likeness (QED) is 0.548. The van der Waals surface area contributed by atoms with Crippen LogP contribution in [-0.2, 0) is 0 Å². The van der Waals surface area contributed by atoms with Gasteiger partial charge in [-0.3, -0.25) is 4.98 Å². The number of pyridine rings is 1. The van der Waals surface area contributed by atoms with Crippen LogP contribution in [0.2, 0.25) is 0 Å². The number of rotatable bonds is 4. The average Bonchev–Trinajstić information content (AvgIpc) is 2.86. The van der Waals surface area contributed by atoms with Crippen molar-refractivity contribution in [2.24, 2.45) is 0 Å². The lowest BCUT2D eigenvalue weighted by atomic mass is 9.89. The molecule has 0 fully saturated rings. The molecule has 0 radical (unpaired) electrons. The van der Waals surface area contributed by atoms with Crippen LogP contribution in [0.1, 0.15) is 37.1 Å². The van der Waals surface area contributed by atoms with Gasteiger partial charge in [-0.15, -0.1) is 0 Å². The lowest BCUT2D eigenvalue weighted by Gasteiger charge is -2.16. The van der Waals surface area contributed by atoms with Crippen molar-refractivity contribution in [2.75, 3.05) is 0 Å². The molecule has 2 aromatic rings. The van der Waals surface area contributed by atoms with Crippen LogP contribution in [0.4, 0.5) is 0 Å². The number of benzene rings is 1. The van der Waals surface area contributed by atoms with Gasteiger partial charge in [-0.25, -0.2) is 0 Å². The van der Waals surface area contributed by atoms with E-state index < -0.39 is 0 Å². The topological polar surface area (TPSA) is 12.9 Å². The second-order valence-corrected chi connectivity index (χ2v) is 6.51. The Labute approximate surface area is 156 Å². The first kappa shape index (κ1) is 17.9. The predicted molar refractivity (Wildman–Crippen MR) is 115 cm³/mol. The Morgan fingerprint density at radius 1 is 1.19 bits per heavy atom. The second kappa shape index (κ2) is 7.97. The van der Waals surface area contributed by atoms with E-state index in [4.69, 9.17) is 0 Å². The first-order valence-corrected chi connectivity index (χ1v) is 9.04. The summed E-state index contributed by atoms with van der Waals surface area (Å²) in [5.74, 6) is 0. The van der Waals surface area contributed by atoms with Gasteiger partial charge in [0.05, 0.1) is 0 Å². The van der Waals surface area contributed by atoms with Crippen LogP contribution in [-0.4, -0.2) is 4.98 Å². The van der Waals surface area contributed by atoms with Gasteiger partial charge in [0.15, 0.2) is 0 Å². The summed E-state index contributed by atoms with van der Waals surface area (Å²) in [5.41, 5.74) is 7.44. The van der Waals surface area contributed by atoms with Crippen molar-refractivity contribution in [1.82, 2.24) is 4.98 Å². The molecule has 1 aromatic heterocycles. The Kier molecular flexibility index (Phi) is 5.48. The van der Waals surface area contributed by atoms with E-state index in [0.29, 0.717) is 0 Å². The van der Waals surface area contributed by atoms with Crippen molar-refractivity contribution in [2.45, 2.75) is 27.2 Å². The number of aryl methyl sites for hydroxylation is 1. The largest absolute Gasteiger partial charge is 0.261 e. The number of hydrogen-bond donors (Lipinski definition) is 0. The molecule has 0 saturated carbocycles. The molecule has 130 valence electrons. The molecule has 1 aliphatic carbocycles. The summed E-state index contributed by atoms with van der Waals surface area (Å²) in [6.45, 7) is 10.2. The van der Waals surface area contributed by atoms with Crippen molar-refractivity contribution in [3.63, 3.8) is 0 Å². The van der Waals surface area contributed by atoms with Crippen LogP contribution in [0.3, 0.4) is 0 Å². The summed E-state index contributed by atoms with van der Waals surface area (Å²) in [7, 11) is 0. The molecule has 0 unspecified atom stereocenters. The smallest absolute Gasteiger partial charge is 0.0457 e. The van der Waals surface area contributed by atoms with Crippen LogP contribution in [0.15, 0.2) is 85.2 Å². The maximum atomic E-state index is 4.56. The van der Waals surface area contributed by atoms with Gasteiger partial charge < -0.3 is 0 Å². The number of aromatic nitrogens is 1. The molecule has 26 heavy (non-hydrogen) atoms. The lowest BCUT2D eigenvalue weighted by molar-refractivity contribution is 1.23. The molecule has 3 rings (SSSR count). The molecule has 1 heterocycles. The number of allylic oxidation sites excluding steroid dienone is 11. The van der Waals surface area contributed by atoms with Crippen molar-refractivity contribution in [3.8, 4) is 0 Å². The minimum absolute atomic E-state index is 0.930. The van der Waals surface area contributed by atoms with E-state index in [2.05, 4.69) is 87.0 Å². The van der Waals surface area contributed by atoms with E-state index >= 15 is 0 Å². The van der Waals surface area contributed by atoms with E-state index in [1.165, 1.54) is 38.6 Å². The molecule has 0 bridgehead atoms. The molecule has 0 saturated heterocycles. The third kappa shape index (κ3) is 3.52. The number of nitrogens with zero attached hydrogens (tertiary/aromatic N) is 1. The van der Waals surface area contributed by atoms with Gasteiger partial charge in [0.2, 0.25) is 0 Å². The molecule has 0 spiro atoms. The van der Waals surface area contributed by atoms with Gasteiger partial charge >= 0.3 is 0 Å². The fourth-order valence-electron chi connectivity index (χ4n) is 3.48. The molecule has 0 aliphatic heterocycles. The zero-order valence-corrected chi connectivity index (χ0v) is 15.8. The predicted octanol–water partition coefficient (Wildman–Crippen LogP) is 6.98. The van der Waals surface area contributed by atoms with Crippen LogP contribution in [0.25, 0.3) is 21.9 Å². The molecule has 1 nitrogen and oxygen atoms in total. The van der Waals surface area contributed by atoms with Crippen molar-refractivity contribution in [3.05, 3.63) is 102 Å². The van der Waals surface area contributed by atoms with Crippen LogP contribution in [0, 0.1) is 6.92 Å². The van der Waals surface area contributed by atoms with Gasteiger partial charge in [0.1, 0.15) is 0 Å². The van der Waals surface area contributed by atoms with Crippen molar-refractivity contribution < 1.29 is 0 Å². The van der Waals surface area contributed by atoms with Gasteiger partial charge in [-0.1, -0.05) is 55.2 Å². The normalized spacial score (nSPS) is 15.1. The molecular formula is C25H25N. The zero-order chi connectivity index (χ0) is 18.5. The first-order chi connectivity index (χ1) is 12.7. The monoisotopic (exact) mass is 339 g/mol. The van der Waals surface area contributed by atoms with Crippen molar-refractivity contribution >= 4 is 21.9 Å². The maximum absolute atomic E-state index is 4.56. The molecule has 1 aliphatic rings. The average molecular weight is 339 g/mol. The Morgan fingerprint density at radius 3 is 2.81 bits per heavy atom. The summed E-state index contributed by atoms with van der Waals surface area (Å²) < 4.78 is 0. The summed E-state index contributed by atoms with van der Waals surface area (Å²) in [5, 5.41) is 2.48. The second-order valence-electron chi connectivity index (χ2n) is 6.51. The third-order valence-electron chi connectivity index (χ3n) is 4.83. The fourth-order valence-corrected chi connectivity index (χ4v) is 3.48. The molecule has 0 N–H and O–H groups in total. The zero-order valence-electron chi connectivity index (χ0n) is 15.8. The Balaban J connectivity index is 2.33. The Hall–Kier alpha value is -2.93. The summed E-state index contributed by atoms with van der Waals surface area (Å²) in [6, 6.07) is 6.68. The van der Waals surface area contributed by atoms with Gasteiger partial charge in [0.25, 0.3) is 0 Å². The van der Waals surface area contributed by atoms with Crippen molar-refractivity contribution in [1.29, 1.82) is 0 Å². The molecule has 0 atom stereocenters. The number of fused-ring (bicyclic) bond motifs is 1. The highest BCUT2D eigenvalue weighted by molar-refractivity contribution is 5.99.